The van der Waals surface area contributed by atoms with Gasteiger partial charge in [-0.05, 0) is 36.4 Å². The Hall–Kier alpha value is -2.14. The molecule has 0 saturated carbocycles. The summed E-state index contributed by atoms with van der Waals surface area (Å²) in [5, 5.41) is 12.3. The second-order valence-electron chi connectivity index (χ2n) is 4.08. The van der Waals surface area contributed by atoms with Gasteiger partial charge < -0.3 is 10.4 Å². The van der Waals surface area contributed by atoms with Crippen LogP contribution in [-0.4, -0.2) is 11.0 Å². The van der Waals surface area contributed by atoms with E-state index >= 15 is 0 Å². The van der Waals surface area contributed by atoms with Crippen molar-refractivity contribution in [1.29, 1.82) is 0 Å². The first-order valence-corrected chi connectivity index (χ1v) is 6.06. The highest BCUT2D eigenvalue weighted by molar-refractivity contribution is 6.30. The Bertz CT molecular complexity index is 662. The van der Waals surface area contributed by atoms with Crippen molar-refractivity contribution in [3.05, 3.63) is 64.2 Å². The molecule has 0 saturated heterocycles. The molecule has 0 fully saturated rings. The molecule has 0 heterocycles. The van der Waals surface area contributed by atoms with E-state index in [1.54, 1.807) is 0 Å². The second-order valence-corrected chi connectivity index (χ2v) is 4.52. The maximum Gasteiger partial charge on any atom is 0.255 e. The Kier molecular flexibility index (Phi) is 4.20. The standard InChI is InChI=1S/C14H10ClF2NO2/c15-9-1-3-11(13(19)6-9)14(20)18-7-8-5-10(16)2-4-12(8)17/h1-6,19H,7H2,(H,18,20). The summed E-state index contributed by atoms with van der Waals surface area (Å²) in [7, 11) is 0. The van der Waals surface area contributed by atoms with Gasteiger partial charge in [0.1, 0.15) is 17.4 Å². The number of hydrogen-bond acceptors (Lipinski definition) is 2. The number of hydrogen-bond donors (Lipinski definition) is 2. The van der Waals surface area contributed by atoms with Gasteiger partial charge in [0.05, 0.1) is 5.56 Å². The van der Waals surface area contributed by atoms with E-state index in [-0.39, 0.29) is 28.4 Å². The van der Waals surface area contributed by atoms with Crippen LogP contribution in [0.3, 0.4) is 0 Å². The van der Waals surface area contributed by atoms with Gasteiger partial charge in [-0.3, -0.25) is 4.79 Å². The first kappa shape index (κ1) is 14.3. The molecule has 2 N–H and O–H groups in total. The van der Waals surface area contributed by atoms with Gasteiger partial charge >= 0.3 is 0 Å². The van der Waals surface area contributed by atoms with Gasteiger partial charge in [0.2, 0.25) is 0 Å². The van der Waals surface area contributed by atoms with Gasteiger partial charge in [0, 0.05) is 17.1 Å². The van der Waals surface area contributed by atoms with Gasteiger partial charge in [-0.25, -0.2) is 8.78 Å². The van der Waals surface area contributed by atoms with Crippen LogP contribution in [0.15, 0.2) is 36.4 Å². The summed E-state index contributed by atoms with van der Waals surface area (Å²) < 4.78 is 26.3. The fraction of sp³-hybridized carbons (Fsp3) is 0.0714. The molecular formula is C14H10ClF2NO2. The third kappa shape index (κ3) is 3.24. The van der Waals surface area contributed by atoms with E-state index in [1.165, 1.54) is 18.2 Å². The highest BCUT2D eigenvalue weighted by Gasteiger charge is 2.12. The first-order chi connectivity index (χ1) is 9.47. The smallest absolute Gasteiger partial charge is 0.255 e. The maximum atomic E-state index is 13.4. The molecule has 6 heteroatoms. The van der Waals surface area contributed by atoms with Crippen molar-refractivity contribution in [1.82, 2.24) is 5.32 Å². The number of benzene rings is 2. The highest BCUT2D eigenvalue weighted by atomic mass is 35.5. The average Bonchev–Trinajstić information content (AvgIpc) is 2.39. The van der Waals surface area contributed by atoms with Crippen LogP contribution in [0.25, 0.3) is 0 Å². The van der Waals surface area contributed by atoms with Crippen LogP contribution in [0.5, 0.6) is 5.75 Å². The Morgan fingerprint density at radius 2 is 1.95 bits per heavy atom. The van der Waals surface area contributed by atoms with Crippen molar-refractivity contribution in [2.24, 2.45) is 0 Å². The number of rotatable bonds is 3. The summed E-state index contributed by atoms with van der Waals surface area (Å²) in [5.41, 5.74) is 0.0259. The van der Waals surface area contributed by atoms with E-state index in [4.69, 9.17) is 11.6 Å². The molecule has 0 aliphatic carbocycles. The van der Waals surface area contributed by atoms with Crippen molar-refractivity contribution in [2.45, 2.75) is 6.54 Å². The van der Waals surface area contributed by atoms with Crippen molar-refractivity contribution in [2.75, 3.05) is 0 Å². The summed E-state index contributed by atoms with van der Waals surface area (Å²) in [5.74, 6) is -2.10. The lowest BCUT2D eigenvalue weighted by atomic mass is 10.1. The minimum atomic E-state index is -0.618. The zero-order valence-corrected chi connectivity index (χ0v) is 10.9. The van der Waals surface area contributed by atoms with Gasteiger partial charge in [-0.1, -0.05) is 11.6 Å². The van der Waals surface area contributed by atoms with E-state index in [0.717, 1.165) is 18.2 Å². The monoisotopic (exact) mass is 297 g/mol. The lowest BCUT2D eigenvalue weighted by molar-refractivity contribution is 0.0948. The lowest BCUT2D eigenvalue weighted by Gasteiger charge is -2.08. The van der Waals surface area contributed by atoms with E-state index in [0.29, 0.717) is 0 Å². The average molecular weight is 298 g/mol. The van der Waals surface area contributed by atoms with Crippen LogP contribution in [0.2, 0.25) is 5.02 Å². The number of halogens is 3. The number of nitrogens with one attached hydrogen (secondary N) is 1. The van der Waals surface area contributed by atoms with Gasteiger partial charge in [-0.15, -0.1) is 0 Å². The number of phenols is 1. The number of carbonyl (C=O) groups is 1. The summed E-state index contributed by atoms with van der Waals surface area (Å²) in [4.78, 5) is 11.8. The zero-order valence-electron chi connectivity index (χ0n) is 10.2. The molecule has 3 nitrogen and oxygen atoms in total. The van der Waals surface area contributed by atoms with Gasteiger partial charge in [0.15, 0.2) is 0 Å². The molecule has 0 spiro atoms. The topological polar surface area (TPSA) is 49.3 Å². The second kappa shape index (κ2) is 5.88. The first-order valence-electron chi connectivity index (χ1n) is 5.68. The Labute approximate surface area is 118 Å². The van der Waals surface area contributed by atoms with Crippen LogP contribution in [0, 0.1) is 11.6 Å². The zero-order chi connectivity index (χ0) is 14.7. The fourth-order valence-corrected chi connectivity index (χ4v) is 1.81. The predicted octanol–water partition coefficient (Wildman–Crippen LogP) is 3.25. The van der Waals surface area contributed by atoms with E-state index in [9.17, 15) is 18.7 Å². The van der Waals surface area contributed by atoms with Crippen molar-refractivity contribution in [3.8, 4) is 5.75 Å². The summed E-state index contributed by atoms with van der Waals surface area (Å²) >= 11 is 5.65. The molecule has 20 heavy (non-hydrogen) atoms. The van der Waals surface area contributed by atoms with E-state index in [1.807, 2.05) is 0 Å². The minimum Gasteiger partial charge on any atom is -0.507 e. The lowest BCUT2D eigenvalue weighted by Crippen LogP contribution is -2.23. The van der Waals surface area contributed by atoms with E-state index < -0.39 is 17.5 Å². The summed E-state index contributed by atoms with van der Waals surface area (Å²) in [6.45, 7) is -0.190. The summed E-state index contributed by atoms with van der Waals surface area (Å²) in [6, 6.07) is 6.98. The van der Waals surface area contributed by atoms with Crippen LogP contribution < -0.4 is 5.32 Å². The Morgan fingerprint density at radius 3 is 2.65 bits per heavy atom. The quantitative estimate of drug-likeness (QED) is 0.913. The Balaban J connectivity index is 2.10. The molecule has 0 aliphatic rings. The molecular weight excluding hydrogens is 288 g/mol. The molecule has 1 amide bonds. The molecule has 104 valence electrons. The molecule has 0 unspecified atom stereocenters. The molecule has 0 aliphatic heterocycles. The highest BCUT2D eigenvalue weighted by Crippen LogP contribution is 2.21. The molecule has 2 aromatic rings. The van der Waals surface area contributed by atoms with Gasteiger partial charge in [-0.2, -0.15) is 0 Å². The van der Waals surface area contributed by atoms with Crippen molar-refractivity contribution >= 4 is 17.5 Å². The third-order valence-electron chi connectivity index (χ3n) is 2.65. The minimum absolute atomic E-state index is 0.00575. The van der Waals surface area contributed by atoms with Crippen LogP contribution in [-0.2, 0) is 6.54 Å². The van der Waals surface area contributed by atoms with Crippen molar-refractivity contribution in [3.63, 3.8) is 0 Å². The number of amides is 1. The number of aromatic hydroxyl groups is 1. The third-order valence-corrected chi connectivity index (χ3v) is 2.89. The predicted molar refractivity (Wildman–Crippen MR) is 70.6 cm³/mol. The van der Waals surface area contributed by atoms with Crippen LogP contribution in [0.4, 0.5) is 8.78 Å². The Morgan fingerprint density at radius 1 is 1.20 bits per heavy atom. The molecule has 2 rings (SSSR count). The summed E-state index contributed by atoms with van der Waals surface area (Å²) in [6.07, 6.45) is 0. The fourth-order valence-electron chi connectivity index (χ4n) is 1.65. The van der Waals surface area contributed by atoms with Gasteiger partial charge in [0.25, 0.3) is 5.91 Å². The maximum absolute atomic E-state index is 13.4. The SMILES string of the molecule is O=C(NCc1cc(F)ccc1F)c1ccc(Cl)cc1O. The number of phenolic OH excluding ortho intramolecular Hbond substituents is 1. The number of carbonyl (C=O) groups excluding carboxylic acids is 1. The molecule has 0 aromatic heterocycles. The van der Waals surface area contributed by atoms with Crippen LogP contribution in [0.1, 0.15) is 15.9 Å². The van der Waals surface area contributed by atoms with Crippen molar-refractivity contribution < 1.29 is 18.7 Å². The molecule has 0 radical (unpaired) electrons. The largest absolute Gasteiger partial charge is 0.507 e. The van der Waals surface area contributed by atoms with Crippen LogP contribution >= 0.6 is 11.6 Å². The molecule has 0 atom stereocenters. The molecule has 0 bridgehead atoms. The normalized spacial score (nSPS) is 10.3. The molecule has 2 aromatic carbocycles. The van der Waals surface area contributed by atoms with E-state index in [2.05, 4.69) is 5.32 Å².